The molecule has 1 aliphatic rings. The minimum absolute atomic E-state index is 0.441. The summed E-state index contributed by atoms with van der Waals surface area (Å²) in [5, 5.41) is 15.5. The molecule has 8 heteroatoms. The van der Waals surface area contributed by atoms with Crippen LogP contribution in [0, 0.1) is 0 Å². The molecule has 0 atom stereocenters. The largest absolute Gasteiger partial charge is 0.357 e. The van der Waals surface area contributed by atoms with Crippen molar-refractivity contribution in [2.45, 2.75) is 38.8 Å². The lowest BCUT2D eigenvalue weighted by molar-refractivity contribution is 0.196. The van der Waals surface area contributed by atoms with Crippen LogP contribution < -0.4 is 10.6 Å². The number of likely N-dealkylation sites (tertiary alicyclic amines) is 1. The fourth-order valence-corrected chi connectivity index (χ4v) is 3.80. The van der Waals surface area contributed by atoms with Crippen molar-refractivity contribution in [1.82, 2.24) is 35.1 Å². The van der Waals surface area contributed by atoms with Gasteiger partial charge in [-0.25, -0.2) is 0 Å². The average molecular weight is 407 g/mol. The van der Waals surface area contributed by atoms with Gasteiger partial charge in [0.25, 0.3) is 0 Å². The summed E-state index contributed by atoms with van der Waals surface area (Å²) in [6.07, 6.45) is 6.82. The maximum Gasteiger partial charge on any atom is 0.191 e. The Hall–Kier alpha value is -3.00. The Morgan fingerprint density at radius 3 is 2.80 bits per heavy atom. The van der Waals surface area contributed by atoms with E-state index in [1.165, 1.54) is 0 Å². The smallest absolute Gasteiger partial charge is 0.191 e. The third kappa shape index (κ3) is 5.33. The van der Waals surface area contributed by atoms with Crippen LogP contribution in [0.25, 0.3) is 5.65 Å². The van der Waals surface area contributed by atoms with E-state index in [1.807, 2.05) is 41.1 Å². The van der Waals surface area contributed by atoms with E-state index < -0.39 is 0 Å². The van der Waals surface area contributed by atoms with Gasteiger partial charge in [0, 0.05) is 57.6 Å². The van der Waals surface area contributed by atoms with Gasteiger partial charge in [-0.15, -0.1) is 10.2 Å². The first-order valence-corrected chi connectivity index (χ1v) is 10.8. The lowest BCUT2D eigenvalue weighted by Crippen LogP contribution is -2.48. The topological polar surface area (TPSA) is 82.7 Å². The minimum atomic E-state index is 0.441. The number of pyridine rings is 2. The Morgan fingerprint density at radius 1 is 1.13 bits per heavy atom. The fourth-order valence-electron chi connectivity index (χ4n) is 3.80. The number of aliphatic imine (C=N–C) groups is 1. The predicted molar refractivity (Wildman–Crippen MR) is 118 cm³/mol. The Bertz CT molecular complexity index is 944. The van der Waals surface area contributed by atoms with E-state index in [-0.39, 0.29) is 0 Å². The second kappa shape index (κ2) is 10.2. The van der Waals surface area contributed by atoms with Gasteiger partial charge in [-0.05, 0) is 44.0 Å². The molecular weight excluding hydrogens is 376 g/mol. The van der Waals surface area contributed by atoms with Gasteiger partial charge >= 0.3 is 0 Å². The lowest BCUT2D eigenvalue weighted by Gasteiger charge is -2.32. The quantitative estimate of drug-likeness (QED) is 0.461. The first-order valence-electron chi connectivity index (χ1n) is 10.8. The monoisotopic (exact) mass is 406 g/mol. The van der Waals surface area contributed by atoms with Crippen LogP contribution in [0.2, 0.25) is 0 Å². The number of nitrogens with one attached hydrogen (secondary N) is 2. The van der Waals surface area contributed by atoms with E-state index in [2.05, 4.69) is 49.8 Å². The molecule has 8 nitrogen and oxygen atoms in total. The third-order valence-electron chi connectivity index (χ3n) is 5.37. The summed E-state index contributed by atoms with van der Waals surface area (Å²) in [5.74, 6) is 1.82. The summed E-state index contributed by atoms with van der Waals surface area (Å²) in [6.45, 7) is 6.67. The zero-order chi connectivity index (χ0) is 20.6. The Balaban J connectivity index is 1.27. The van der Waals surface area contributed by atoms with Crippen molar-refractivity contribution in [3.63, 3.8) is 0 Å². The number of hydrogen-bond acceptors (Lipinski definition) is 5. The SMILES string of the molecule is CCNC(=NCCc1nnc2ccccn12)NC1CCN(Cc2ccccn2)CC1. The zero-order valence-corrected chi connectivity index (χ0v) is 17.5. The molecule has 2 N–H and O–H groups in total. The minimum Gasteiger partial charge on any atom is -0.357 e. The van der Waals surface area contributed by atoms with Crippen LogP contribution in [0.15, 0.2) is 53.8 Å². The maximum atomic E-state index is 4.77. The van der Waals surface area contributed by atoms with Gasteiger partial charge < -0.3 is 10.6 Å². The highest BCUT2D eigenvalue weighted by molar-refractivity contribution is 5.80. The van der Waals surface area contributed by atoms with E-state index in [1.54, 1.807) is 0 Å². The molecule has 4 rings (SSSR count). The molecule has 0 aromatic carbocycles. The van der Waals surface area contributed by atoms with Crippen molar-refractivity contribution >= 4 is 11.6 Å². The van der Waals surface area contributed by atoms with Gasteiger partial charge in [-0.2, -0.15) is 0 Å². The van der Waals surface area contributed by atoms with Crippen molar-refractivity contribution < 1.29 is 0 Å². The van der Waals surface area contributed by atoms with E-state index in [0.717, 1.165) is 68.6 Å². The highest BCUT2D eigenvalue weighted by atomic mass is 15.2. The van der Waals surface area contributed by atoms with Gasteiger partial charge in [0.2, 0.25) is 0 Å². The summed E-state index contributed by atoms with van der Waals surface area (Å²) >= 11 is 0. The number of aromatic nitrogens is 4. The molecule has 3 aromatic heterocycles. The Morgan fingerprint density at radius 2 is 2.00 bits per heavy atom. The van der Waals surface area contributed by atoms with E-state index >= 15 is 0 Å². The van der Waals surface area contributed by atoms with Crippen molar-refractivity contribution in [3.05, 3.63) is 60.3 Å². The number of guanidine groups is 1. The summed E-state index contributed by atoms with van der Waals surface area (Å²) in [4.78, 5) is 11.7. The first-order chi connectivity index (χ1) is 14.8. The Kier molecular flexibility index (Phi) is 6.87. The third-order valence-corrected chi connectivity index (χ3v) is 5.37. The highest BCUT2D eigenvalue weighted by Gasteiger charge is 2.20. The molecule has 158 valence electrons. The second-order valence-corrected chi connectivity index (χ2v) is 7.57. The van der Waals surface area contributed by atoms with Gasteiger partial charge in [0.15, 0.2) is 11.6 Å². The number of rotatable bonds is 7. The van der Waals surface area contributed by atoms with E-state index in [0.29, 0.717) is 12.6 Å². The summed E-state index contributed by atoms with van der Waals surface area (Å²) in [5.41, 5.74) is 2.01. The number of fused-ring (bicyclic) bond motifs is 1. The molecule has 1 saturated heterocycles. The molecule has 0 amide bonds. The Labute approximate surface area is 177 Å². The van der Waals surface area contributed by atoms with Crippen LogP contribution in [0.1, 0.15) is 31.3 Å². The van der Waals surface area contributed by atoms with Gasteiger partial charge in [-0.3, -0.25) is 19.3 Å². The number of nitrogens with zero attached hydrogens (tertiary/aromatic N) is 6. The molecule has 0 radical (unpaired) electrons. The van der Waals surface area contributed by atoms with Crippen LogP contribution in [0.3, 0.4) is 0 Å². The molecule has 3 aromatic rings. The van der Waals surface area contributed by atoms with Crippen LogP contribution in [-0.4, -0.2) is 62.7 Å². The zero-order valence-electron chi connectivity index (χ0n) is 17.5. The van der Waals surface area contributed by atoms with Crippen LogP contribution in [0.4, 0.5) is 0 Å². The number of hydrogen-bond donors (Lipinski definition) is 2. The average Bonchev–Trinajstić information content (AvgIpc) is 3.19. The van der Waals surface area contributed by atoms with Crippen molar-refractivity contribution in [3.8, 4) is 0 Å². The molecular formula is C22H30N8. The first kappa shape index (κ1) is 20.3. The summed E-state index contributed by atoms with van der Waals surface area (Å²) in [7, 11) is 0. The standard InChI is InChI=1S/C22H30N8/c1-2-23-22(25-13-9-21-28-27-20-8-4-6-14-30(20)21)26-18-10-15-29(16-11-18)17-19-7-3-5-12-24-19/h3-8,12,14,18H,2,9-11,13,15-17H2,1H3,(H2,23,25,26). The molecule has 1 aliphatic heterocycles. The molecule has 1 fully saturated rings. The molecule has 0 spiro atoms. The predicted octanol–water partition coefficient (Wildman–Crippen LogP) is 1.89. The normalized spacial score (nSPS) is 16.1. The molecule has 4 heterocycles. The lowest BCUT2D eigenvalue weighted by atomic mass is 10.0. The van der Waals surface area contributed by atoms with Crippen molar-refractivity contribution in [2.24, 2.45) is 4.99 Å². The fraction of sp³-hybridized carbons (Fsp3) is 0.455. The maximum absolute atomic E-state index is 4.77. The highest BCUT2D eigenvalue weighted by Crippen LogP contribution is 2.13. The number of piperidine rings is 1. The van der Waals surface area contributed by atoms with Gasteiger partial charge in [0.05, 0.1) is 5.69 Å². The van der Waals surface area contributed by atoms with Crippen LogP contribution in [-0.2, 0) is 13.0 Å². The molecule has 30 heavy (non-hydrogen) atoms. The summed E-state index contributed by atoms with van der Waals surface area (Å²) < 4.78 is 2.02. The van der Waals surface area contributed by atoms with Crippen LogP contribution >= 0.6 is 0 Å². The van der Waals surface area contributed by atoms with Crippen molar-refractivity contribution in [2.75, 3.05) is 26.2 Å². The van der Waals surface area contributed by atoms with Gasteiger partial charge in [-0.1, -0.05) is 12.1 Å². The summed E-state index contributed by atoms with van der Waals surface area (Å²) in [6, 6.07) is 12.5. The second-order valence-electron chi connectivity index (χ2n) is 7.57. The molecule has 0 aliphatic carbocycles. The molecule has 0 saturated carbocycles. The van der Waals surface area contributed by atoms with Crippen LogP contribution in [0.5, 0.6) is 0 Å². The van der Waals surface area contributed by atoms with Crippen molar-refractivity contribution in [1.29, 1.82) is 0 Å². The van der Waals surface area contributed by atoms with E-state index in [4.69, 9.17) is 4.99 Å². The molecule has 0 unspecified atom stereocenters. The molecule has 0 bridgehead atoms. The van der Waals surface area contributed by atoms with Gasteiger partial charge in [0.1, 0.15) is 5.82 Å². The van der Waals surface area contributed by atoms with E-state index in [9.17, 15) is 0 Å².